The highest BCUT2D eigenvalue weighted by Gasteiger charge is 2.23. The van der Waals surface area contributed by atoms with Crippen LogP contribution in [-0.4, -0.2) is 45.6 Å². The van der Waals surface area contributed by atoms with Crippen LogP contribution in [0.15, 0.2) is 12.5 Å². The molecule has 0 bridgehead atoms. The van der Waals surface area contributed by atoms with Gasteiger partial charge in [-0.15, -0.1) is 0 Å². The summed E-state index contributed by atoms with van der Waals surface area (Å²) in [5, 5.41) is 11.5. The second-order valence-electron chi connectivity index (χ2n) is 4.22. The molecule has 0 spiro atoms. The molecule has 7 N–H and O–H groups in total. The average molecular weight is 269 g/mol. The molecule has 1 heterocycles. The molecule has 8 heteroatoms. The molecule has 1 aromatic heterocycles. The first-order valence-corrected chi connectivity index (χ1v) is 6.00. The fourth-order valence-corrected chi connectivity index (χ4v) is 1.56. The van der Waals surface area contributed by atoms with Crippen molar-refractivity contribution >= 4 is 11.9 Å². The third kappa shape index (κ3) is 5.06. The van der Waals surface area contributed by atoms with E-state index in [1.807, 2.05) is 0 Å². The van der Waals surface area contributed by atoms with E-state index in [0.29, 0.717) is 25.1 Å². The highest BCUT2D eigenvalue weighted by Crippen LogP contribution is 2.00. The lowest BCUT2D eigenvalue weighted by Gasteiger charge is -2.17. The van der Waals surface area contributed by atoms with Gasteiger partial charge in [-0.05, 0) is 19.4 Å². The molecule has 1 amide bonds. The summed E-state index contributed by atoms with van der Waals surface area (Å²) in [5.74, 6) is -1.60. The van der Waals surface area contributed by atoms with E-state index in [1.54, 1.807) is 0 Å². The van der Waals surface area contributed by atoms with Crippen LogP contribution >= 0.6 is 0 Å². The number of carbonyl (C=O) groups excluding carboxylic acids is 1. The van der Waals surface area contributed by atoms with Crippen molar-refractivity contribution in [1.29, 1.82) is 0 Å². The third-order valence-electron chi connectivity index (χ3n) is 2.65. The molecule has 0 saturated heterocycles. The number of nitrogens with zero attached hydrogens (tertiary/aromatic N) is 1. The number of carboxylic acids is 1. The van der Waals surface area contributed by atoms with Crippen LogP contribution in [0.2, 0.25) is 0 Å². The Balaban J connectivity index is 2.53. The molecule has 19 heavy (non-hydrogen) atoms. The van der Waals surface area contributed by atoms with Crippen molar-refractivity contribution in [3.05, 3.63) is 18.2 Å². The van der Waals surface area contributed by atoms with Crippen molar-refractivity contribution in [3.8, 4) is 0 Å². The minimum absolute atomic E-state index is 0.130. The average Bonchev–Trinajstić information content (AvgIpc) is 2.87. The Morgan fingerprint density at radius 3 is 2.79 bits per heavy atom. The monoisotopic (exact) mass is 269 g/mol. The summed E-state index contributed by atoms with van der Waals surface area (Å²) >= 11 is 0. The standard InChI is InChI=1S/C11H19N5O3/c12-3-1-2-8(13)10(17)16-9(11(18)19)4-7-5-14-6-15-7/h5-6,8-9H,1-4,12-13H2,(H,14,15)(H,16,17)(H,18,19)/t8-,9-/m0/s1. The van der Waals surface area contributed by atoms with Crippen LogP contribution in [0.25, 0.3) is 0 Å². The molecule has 0 aliphatic rings. The lowest BCUT2D eigenvalue weighted by molar-refractivity contribution is -0.142. The number of carbonyl (C=O) groups is 2. The van der Waals surface area contributed by atoms with E-state index in [4.69, 9.17) is 16.6 Å². The number of hydrogen-bond donors (Lipinski definition) is 5. The van der Waals surface area contributed by atoms with E-state index in [9.17, 15) is 9.59 Å². The van der Waals surface area contributed by atoms with Crippen molar-refractivity contribution < 1.29 is 14.7 Å². The number of aliphatic carboxylic acids is 1. The fraction of sp³-hybridized carbons (Fsp3) is 0.545. The van der Waals surface area contributed by atoms with Crippen molar-refractivity contribution in [2.45, 2.75) is 31.3 Å². The molecule has 0 fully saturated rings. The van der Waals surface area contributed by atoms with Gasteiger partial charge in [0.25, 0.3) is 0 Å². The Bertz CT molecular complexity index is 406. The minimum Gasteiger partial charge on any atom is -0.480 e. The zero-order chi connectivity index (χ0) is 14.3. The molecule has 1 aromatic rings. The number of aromatic amines is 1. The first-order valence-electron chi connectivity index (χ1n) is 6.00. The van der Waals surface area contributed by atoms with Crippen molar-refractivity contribution in [2.24, 2.45) is 11.5 Å². The van der Waals surface area contributed by atoms with Gasteiger partial charge in [0.1, 0.15) is 6.04 Å². The second kappa shape index (κ2) is 7.49. The van der Waals surface area contributed by atoms with E-state index < -0.39 is 24.0 Å². The van der Waals surface area contributed by atoms with Crippen LogP contribution in [0.5, 0.6) is 0 Å². The van der Waals surface area contributed by atoms with Gasteiger partial charge < -0.3 is 26.9 Å². The summed E-state index contributed by atoms with van der Waals surface area (Å²) in [4.78, 5) is 29.4. The van der Waals surface area contributed by atoms with E-state index >= 15 is 0 Å². The Kier molecular flexibility index (Phi) is 5.97. The largest absolute Gasteiger partial charge is 0.480 e. The minimum atomic E-state index is -1.12. The molecule has 2 atom stereocenters. The van der Waals surface area contributed by atoms with Gasteiger partial charge >= 0.3 is 5.97 Å². The lowest BCUT2D eigenvalue weighted by atomic mass is 10.1. The molecule has 0 aliphatic heterocycles. The topological polar surface area (TPSA) is 147 Å². The molecule has 0 radical (unpaired) electrons. The van der Waals surface area contributed by atoms with E-state index in [1.165, 1.54) is 12.5 Å². The van der Waals surface area contributed by atoms with Gasteiger partial charge in [0, 0.05) is 18.3 Å². The molecule has 0 unspecified atom stereocenters. The first-order chi connectivity index (χ1) is 9.04. The van der Waals surface area contributed by atoms with E-state index in [2.05, 4.69) is 15.3 Å². The number of rotatable bonds is 8. The second-order valence-corrected chi connectivity index (χ2v) is 4.22. The van der Waals surface area contributed by atoms with Crippen molar-refractivity contribution in [3.63, 3.8) is 0 Å². The quantitative estimate of drug-likeness (QED) is 0.391. The summed E-state index contributed by atoms with van der Waals surface area (Å²) < 4.78 is 0. The highest BCUT2D eigenvalue weighted by molar-refractivity contribution is 5.86. The third-order valence-corrected chi connectivity index (χ3v) is 2.65. The molecular formula is C11H19N5O3. The van der Waals surface area contributed by atoms with Crippen LogP contribution in [-0.2, 0) is 16.0 Å². The number of aromatic nitrogens is 2. The molecule has 0 aromatic carbocycles. The summed E-state index contributed by atoms with van der Waals surface area (Å²) in [6.07, 6.45) is 4.13. The van der Waals surface area contributed by atoms with Crippen LogP contribution in [0.1, 0.15) is 18.5 Å². The fourth-order valence-electron chi connectivity index (χ4n) is 1.56. The summed E-state index contributed by atoms with van der Waals surface area (Å²) in [7, 11) is 0. The number of imidazole rings is 1. The summed E-state index contributed by atoms with van der Waals surface area (Å²) in [6.45, 7) is 0.442. The zero-order valence-electron chi connectivity index (χ0n) is 10.5. The molecule has 8 nitrogen and oxygen atoms in total. The van der Waals surface area contributed by atoms with Crippen LogP contribution < -0.4 is 16.8 Å². The van der Waals surface area contributed by atoms with Gasteiger partial charge in [0.15, 0.2) is 0 Å². The number of carboxylic acid groups (broad SMARTS) is 1. The normalized spacial score (nSPS) is 13.8. The van der Waals surface area contributed by atoms with Gasteiger partial charge in [-0.3, -0.25) is 4.79 Å². The maximum atomic E-state index is 11.7. The zero-order valence-corrected chi connectivity index (χ0v) is 10.5. The number of nitrogens with one attached hydrogen (secondary N) is 2. The highest BCUT2D eigenvalue weighted by atomic mass is 16.4. The Labute approximate surface area is 110 Å². The van der Waals surface area contributed by atoms with E-state index in [0.717, 1.165) is 0 Å². The lowest BCUT2D eigenvalue weighted by Crippen LogP contribution is -2.49. The Morgan fingerprint density at radius 2 is 2.26 bits per heavy atom. The molecule has 0 saturated carbocycles. The van der Waals surface area contributed by atoms with Crippen LogP contribution in [0, 0.1) is 0 Å². The maximum Gasteiger partial charge on any atom is 0.326 e. The van der Waals surface area contributed by atoms with Gasteiger partial charge in [-0.25, -0.2) is 9.78 Å². The summed E-state index contributed by atoms with van der Waals surface area (Å²) in [6, 6.07) is -1.77. The SMILES string of the molecule is NCCC[C@H](N)C(=O)N[C@@H](Cc1cnc[nH]1)C(=O)O. The molecule has 0 aliphatic carbocycles. The molecule has 1 rings (SSSR count). The Hall–Kier alpha value is -1.93. The number of H-pyrrole nitrogens is 1. The molecule has 106 valence electrons. The van der Waals surface area contributed by atoms with Crippen molar-refractivity contribution in [2.75, 3.05) is 6.54 Å². The maximum absolute atomic E-state index is 11.7. The van der Waals surface area contributed by atoms with Crippen LogP contribution in [0.3, 0.4) is 0 Å². The van der Waals surface area contributed by atoms with Gasteiger partial charge in [0.05, 0.1) is 12.4 Å². The first kappa shape index (κ1) is 15.1. The number of amides is 1. The number of nitrogens with two attached hydrogens (primary N) is 2. The summed E-state index contributed by atoms with van der Waals surface area (Å²) in [5.41, 5.74) is 11.6. The predicted molar refractivity (Wildman–Crippen MR) is 68.1 cm³/mol. The smallest absolute Gasteiger partial charge is 0.326 e. The van der Waals surface area contributed by atoms with E-state index in [-0.39, 0.29) is 6.42 Å². The van der Waals surface area contributed by atoms with Gasteiger partial charge in [0.2, 0.25) is 5.91 Å². The van der Waals surface area contributed by atoms with Crippen molar-refractivity contribution in [1.82, 2.24) is 15.3 Å². The van der Waals surface area contributed by atoms with Gasteiger partial charge in [-0.1, -0.05) is 0 Å². The molecular weight excluding hydrogens is 250 g/mol. The Morgan fingerprint density at radius 1 is 1.53 bits per heavy atom. The van der Waals surface area contributed by atoms with Crippen LogP contribution in [0.4, 0.5) is 0 Å². The van der Waals surface area contributed by atoms with Gasteiger partial charge in [-0.2, -0.15) is 0 Å². The predicted octanol–water partition coefficient (Wildman–Crippen LogP) is -1.41. The number of hydrogen-bond acceptors (Lipinski definition) is 5.